The molecule has 0 aliphatic carbocycles. The summed E-state index contributed by atoms with van der Waals surface area (Å²) in [4.78, 5) is 1.95. The number of piperidine rings is 1. The van der Waals surface area contributed by atoms with E-state index in [1.807, 2.05) is 41.9 Å². The van der Waals surface area contributed by atoms with Gasteiger partial charge in [-0.3, -0.25) is 16.0 Å². The summed E-state index contributed by atoms with van der Waals surface area (Å²) in [7, 11) is 1.89. The van der Waals surface area contributed by atoms with Crippen LogP contribution in [0.3, 0.4) is 0 Å². The van der Waals surface area contributed by atoms with Gasteiger partial charge in [-0.05, 0) is 37.1 Å². The predicted molar refractivity (Wildman–Crippen MR) is 131 cm³/mol. The lowest BCUT2D eigenvalue weighted by atomic mass is 9.85. The predicted octanol–water partition coefficient (Wildman–Crippen LogP) is 3.58. The Hall–Kier alpha value is -1.59. The van der Waals surface area contributed by atoms with E-state index in [1.165, 1.54) is 0 Å². The summed E-state index contributed by atoms with van der Waals surface area (Å²) in [5.41, 5.74) is 1.22. The second kappa shape index (κ2) is 11.0. The van der Waals surface area contributed by atoms with Crippen molar-refractivity contribution < 1.29 is 17.6 Å². The van der Waals surface area contributed by atoms with Gasteiger partial charge in [0.15, 0.2) is 0 Å². The molecule has 0 bridgehead atoms. The second-order valence-corrected chi connectivity index (χ2v) is 10.3. The van der Waals surface area contributed by atoms with Crippen LogP contribution in [0.1, 0.15) is 23.6 Å². The largest absolute Gasteiger partial charge is 0.413 e. The van der Waals surface area contributed by atoms with E-state index in [2.05, 4.69) is 27.8 Å². The minimum absolute atomic E-state index is 0.242. The number of likely N-dealkylation sites (tertiary alicyclic amines) is 1. The van der Waals surface area contributed by atoms with Gasteiger partial charge in [0.1, 0.15) is 6.17 Å². The van der Waals surface area contributed by atoms with Gasteiger partial charge < -0.3 is 10.2 Å². The van der Waals surface area contributed by atoms with Crippen LogP contribution < -0.4 is 21.3 Å². The van der Waals surface area contributed by atoms with Crippen molar-refractivity contribution >= 4 is 17.4 Å². The number of alkyl halides is 4. The zero-order chi connectivity index (χ0) is 24.3. The van der Waals surface area contributed by atoms with Gasteiger partial charge in [0.2, 0.25) is 0 Å². The van der Waals surface area contributed by atoms with Gasteiger partial charge in [-0.15, -0.1) is 11.8 Å². The molecule has 10 heteroatoms. The van der Waals surface area contributed by atoms with E-state index in [0.717, 1.165) is 23.7 Å². The van der Waals surface area contributed by atoms with Crippen LogP contribution in [-0.2, 0) is 6.42 Å². The fourth-order valence-electron chi connectivity index (χ4n) is 4.78. The smallest absolute Gasteiger partial charge is 0.379 e. The second-order valence-electron chi connectivity index (χ2n) is 9.23. The maximum Gasteiger partial charge on any atom is 0.413 e. The average Bonchev–Trinajstić information content (AvgIpc) is 3.31. The number of benzene rings is 1. The highest BCUT2D eigenvalue weighted by Gasteiger charge is 2.41. The Morgan fingerprint density at radius 3 is 2.88 bits per heavy atom. The van der Waals surface area contributed by atoms with Crippen LogP contribution in [0.5, 0.6) is 0 Å². The van der Waals surface area contributed by atoms with Crippen LogP contribution >= 0.6 is 11.8 Å². The lowest BCUT2D eigenvalue weighted by molar-refractivity contribution is -0.0968. The maximum absolute atomic E-state index is 14.7. The molecule has 2 fully saturated rings. The Morgan fingerprint density at radius 1 is 1.35 bits per heavy atom. The number of halogens is 4. The third-order valence-electron chi connectivity index (χ3n) is 6.69. The van der Waals surface area contributed by atoms with Gasteiger partial charge in [0.05, 0.1) is 18.2 Å². The summed E-state index contributed by atoms with van der Waals surface area (Å²) in [6.07, 6.45) is -0.300. The van der Waals surface area contributed by atoms with Gasteiger partial charge in [-0.1, -0.05) is 30.9 Å². The molecule has 2 saturated heterocycles. The van der Waals surface area contributed by atoms with Gasteiger partial charge >= 0.3 is 6.18 Å². The SMILES string of the molecule is C=C(C1NC(/C=C/CNC2CSCN2)Cc2c(N[C@@H]3CCN(C)C[C@@H]3F)cccc21)C(F)(F)F. The number of anilines is 1. The highest BCUT2D eigenvalue weighted by Crippen LogP contribution is 2.40. The van der Waals surface area contributed by atoms with Crippen molar-refractivity contribution in [3.05, 3.63) is 53.6 Å². The number of nitrogens with one attached hydrogen (secondary N) is 4. The van der Waals surface area contributed by atoms with E-state index < -0.39 is 24.0 Å². The fourth-order valence-corrected chi connectivity index (χ4v) is 5.69. The monoisotopic (exact) mass is 499 g/mol. The molecule has 3 unspecified atom stereocenters. The molecule has 4 N–H and O–H groups in total. The molecular weight excluding hydrogens is 466 g/mol. The minimum Gasteiger partial charge on any atom is -0.379 e. The fraction of sp³-hybridized carbons (Fsp3) is 0.583. The molecule has 0 radical (unpaired) electrons. The van der Waals surface area contributed by atoms with E-state index in [4.69, 9.17) is 0 Å². The first kappa shape index (κ1) is 25.5. The van der Waals surface area contributed by atoms with Gasteiger partial charge in [-0.25, -0.2) is 4.39 Å². The zero-order valence-electron chi connectivity index (χ0n) is 19.3. The van der Waals surface area contributed by atoms with Crippen molar-refractivity contribution in [2.45, 2.75) is 49.5 Å². The number of hydrogen-bond donors (Lipinski definition) is 4. The highest BCUT2D eigenvalue weighted by atomic mass is 32.2. The standard InChI is InChI=1S/C24H33F4N5S/c1-15(24(26,27)28)23-17-6-3-7-20(32-21-8-10-33(2)12-19(21)25)18(17)11-16(31-23)5-4-9-29-22-13-34-14-30-22/h3-7,16,19,21-23,29-32H,1,8-14H2,2H3/b5-4+/t16?,19-,21+,22?,23?/m0/s1. The van der Waals surface area contributed by atoms with E-state index >= 15 is 0 Å². The Morgan fingerprint density at radius 2 is 2.18 bits per heavy atom. The van der Waals surface area contributed by atoms with Crippen molar-refractivity contribution in [1.29, 1.82) is 0 Å². The molecule has 3 aliphatic heterocycles. The maximum atomic E-state index is 14.7. The summed E-state index contributed by atoms with van der Waals surface area (Å²) >= 11 is 1.82. The Bertz CT molecular complexity index is 887. The first-order chi connectivity index (χ1) is 16.2. The summed E-state index contributed by atoms with van der Waals surface area (Å²) in [5, 5.41) is 13.1. The van der Waals surface area contributed by atoms with Crippen LogP contribution in [0, 0.1) is 0 Å². The number of nitrogens with zero attached hydrogens (tertiary/aromatic N) is 1. The number of fused-ring (bicyclic) bond motifs is 1. The summed E-state index contributed by atoms with van der Waals surface area (Å²) in [5.74, 6) is 1.90. The van der Waals surface area contributed by atoms with E-state index in [1.54, 1.807) is 12.1 Å². The molecular formula is C24H33F4N5S. The zero-order valence-corrected chi connectivity index (χ0v) is 20.1. The van der Waals surface area contributed by atoms with Crippen LogP contribution in [0.15, 0.2) is 42.5 Å². The van der Waals surface area contributed by atoms with Gasteiger partial charge in [0, 0.05) is 48.6 Å². The third-order valence-corrected chi connectivity index (χ3v) is 7.63. The highest BCUT2D eigenvalue weighted by molar-refractivity contribution is 7.99. The first-order valence-electron chi connectivity index (χ1n) is 11.7. The molecule has 34 heavy (non-hydrogen) atoms. The van der Waals surface area contributed by atoms with Gasteiger partial charge in [-0.2, -0.15) is 13.2 Å². The van der Waals surface area contributed by atoms with Gasteiger partial charge in [0.25, 0.3) is 0 Å². The number of rotatable bonds is 7. The molecule has 3 heterocycles. The molecule has 5 atom stereocenters. The van der Waals surface area contributed by atoms with Crippen LogP contribution in [0.25, 0.3) is 0 Å². The van der Waals surface area contributed by atoms with Crippen molar-refractivity contribution in [3.63, 3.8) is 0 Å². The molecule has 0 spiro atoms. The van der Waals surface area contributed by atoms with E-state index in [0.29, 0.717) is 37.2 Å². The topological polar surface area (TPSA) is 51.4 Å². The molecule has 188 valence electrons. The normalized spacial score (nSPS) is 30.4. The van der Waals surface area contributed by atoms with Crippen molar-refractivity contribution in [3.8, 4) is 0 Å². The molecule has 0 saturated carbocycles. The molecule has 0 amide bonds. The summed E-state index contributed by atoms with van der Waals surface area (Å²) in [6, 6.07) is 3.56. The Labute approximate surface area is 202 Å². The van der Waals surface area contributed by atoms with Crippen molar-refractivity contribution in [2.24, 2.45) is 0 Å². The average molecular weight is 500 g/mol. The molecule has 1 aromatic rings. The molecule has 5 nitrogen and oxygen atoms in total. The van der Waals surface area contributed by atoms with Crippen molar-refractivity contribution in [2.75, 3.05) is 43.6 Å². The van der Waals surface area contributed by atoms with Crippen molar-refractivity contribution in [1.82, 2.24) is 20.9 Å². The van der Waals surface area contributed by atoms with E-state index in [-0.39, 0.29) is 18.2 Å². The van der Waals surface area contributed by atoms with Crippen LogP contribution in [0.2, 0.25) is 0 Å². The Balaban J connectivity index is 1.54. The minimum atomic E-state index is -4.52. The summed E-state index contributed by atoms with van der Waals surface area (Å²) in [6.45, 7) is 5.11. The molecule has 0 aromatic heterocycles. The first-order valence-corrected chi connectivity index (χ1v) is 12.8. The number of hydrogen-bond acceptors (Lipinski definition) is 6. The lowest BCUT2D eigenvalue weighted by Crippen LogP contribution is -2.47. The quantitative estimate of drug-likeness (QED) is 0.340. The van der Waals surface area contributed by atoms with Crippen LogP contribution in [0.4, 0.5) is 23.2 Å². The molecule has 3 aliphatic rings. The third kappa shape index (κ3) is 6.15. The Kier molecular flexibility index (Phi) is 8.24. The number of thioether (sulfide) groups is 1. The molecule has 4 rings (SSSR count). The van der Waals surface area contributed by atoms with Crippen LogP contribution in [-0.4, -0.2) is 73.8 Å². The molecule has 1 aromatic carbocycles. The summed E-state index contributed by atoms with van der Waals surface area (Å²) < 4.78 is 55.6. The van der Waals surface area contributed by atoms with E-state index in [9.17, 15) is 17.6 Å². The lowest BCUT2D eigenvalue weighted by Gasteiger charge is -2.37.